The largest absolute Gasteiger partial charge is 0.378 e. The number of halogens is 1. The Kier molecular flexibility index (Phi) is 7.11. The van der Waals surface area contributed by atoms with E-state index in [1.54, 1.807) is 0 Å². The van der Waals surface area contributed by atoms with E-state index in [0.29, 0.717) is 12.3 Å². The number of rotatable bonds is 3. The molecule has 19 heavy (non-hydrogen) atoms. The molecule has 2 aliphatic heterocycles. The lowest BCUT2D eigenvalue weighted by Crippen LogP contribution is -2.46. The third-order valence-electron chi connectivity index (χ3n) is 4.23. The molecule has 3 unspecified atom stereocenters. The molecule has 112 valence electrons. The second-order valence-electron chi connectivity index (χ2n) is 5.79. The van der Waals surface area contributed by atoms with Crippen LogP contribution in [0.2, 0.25) is 0 Å². The zero-order chi connectivity index (χ0) is 13.0. The number of likely N-dealkylation sites (tertiary alicyclic amines) is 1. The summed E-state index contributed by atoms with van der Waals surface area (Å²) in [4.78, 5) is 14.2. The summed E-state index contributed by atoms with van der Waals surface area (Å²) in [5.41, 5.74) is 5.95. The monoisotopic (exact) mass is 290 g/mol. The maximum Gasteiger partial charge on any atom is 0.225 e. The van der Waals surface area contributed by atoms with Crippen molar-refractivity contribution in [2.75, 3.05) is 19.7 Å². The van der Waals surface area contributed by atoms with E-state index in [0.717, 1.165) is 45.4 Å². The molecule has 4 nitrogen and oxygen atoms in total. The van der Waals surface area contributed by atoms with Gasteiger partial charge in [0.1, 0.15) is 0 Å². The summed E-state index contributed by atoms with van der Waals surface area (Å²) in [6, 6.07) is 0.187. The summed E-state index contributed by atoms with van der Waals surface area (Å²) in [7, 11) is 0. The van der Waals surface area contributed by atoms with Crippen LogP contribution in [-0.2, 0) is 9.53 Å². The van der Waals surface area contributed by atoms with Gasteiger partial charge in [-0.05, 0) is 44.9 Å². The van der Waals surface area contributed by atoms with Crippen LogP contribution in [-0.4, -0.2) is 42.6 Å². The maximum absolute atomic E-state index is 12.2. The smallest absolute Gasteiger partial charge is 0.225 e. The summed E-state index contributed by atoms with van der Waals surface area (Å²) in [5, 5.41) is 0. The van der Waals surface area contributed by atoms with Crippen LogP contribution in [0, 0.1) is 5.92 Å². The van der Waals surface area contributed by atoms with Gasteiger partial charge in [0.15, 0.2) is 0 Å². The normalized spacial score (nSPS) is 29.5. The molecule has 0 aromatic rings. The summed E-state index contributed by atoms with van der Waals surface area (Å²) in [6.07, 6.45) is 6.33. The van der Waals surface area contributed by atoms with Crippen LogP contribution in [0.4, 0.5) is 0 Å². The van der Waals surface area contributed by atoms with Crippen LogP contribution < -0.4 is 5.73 Å². The van der Waals surface area contributed by atoms with Crippen LogP contribution in [0.25, 0.3) is 0 Å². The summed E-state index contributed by atoms with van der Waals surface area (Å²) < 4.78 is 5.64. The van der Waals surface area contributed by atoms with Crippen molar-refractivity contribution in [3.8, 4) is 0 Å². The van der Waals surface area contributed by atoms with Gasteiger partial charge in [-0.25, -0.2) is 0 Å². The number of hydrogen-bond acceptors (Lipinski definition) is 3. The topological polar surface area (TPSA) is 55.6 Å². The lowest BCUT2D eigenvalue weighted by atomic mass is 9.92. The first-order valence-corrected chi connectivity index (χ1v) is 7.32. The third-order valence-corrected chi connectivity index (χ3v) is 4.23. The van der Waals surface area contributed by atoms with Crippen molar-refractivity contribution in [2.24, 2.45) is 11.7 Å². The highest BCUT2D eigenvalue weighted by Gasteiger charge is 2.27. The standard InChI is InChI=1S/C14H26N2O2.ClH/c1-11(15)12-5-4-7-16(10-12)14(17)9-13-6-2-3-8-18-13;/h11-13H,2-10,15H2,1H3;1H. The molecular weight excluding hydrogens is 264 g/mol. The van der Waals surface area contributed by atoms with Crippen LogP contribution >= 0.6 is 12.4 Å². The zero-order valence-electron chi connectivity index (χ0n) is 11.8. The van der Waals surface area contributed by atoms with Crippen LogP contribution in [0.3, 0.4) is 0 Å². The lowest BCUT2D eigenvalue weighted by Gasteiger charge is -2.35. The predicted octanol–water partition coefficient (Wildman–Crippen LogP) is 1.95. The average molecular weight is 291 g/mol. The second kappa shape index (κ2) is 8.08. The molecular formula is C14H27ClN2O2. The number of hydrogen-bond donors (Lipinski definition) is 1. The minimum absolute atomic E-state index is 0. The van der Waals surface area contributed by atoms with Crippen molar-refractivity contribution in [3.63, 3.8) is 0 Å². The number of nitrogens with zero attached hydrogens (tertiary/aromatic N) is 1. The number of carbonyl (C=O) groups is 1. The van der Waals surface area contributed by atoms with Crippen molar-refractivity contribution >= 4 is 18.3 Å². The second-order valence-corrected chi connectivity index (χ2v) is 5.79. The fraction of sp³-hybridized carbons (Fsp3) is 0.929. The molecule has 2 aliphatic rings. The molecule has 0 spiro atoms. The Morgan fingerprint density at radius 2 is 2.16 bits per heavy atom. The van der Waals surface area contributed by atoms with Crippen molar-refractivity contribution in [2.45, 2.75) is 57.6 Å². The van der Waals surface area contributed by atoms with E-state index in [4.69, 9.17) is 10.5 Å². The van der Waals surface area contributed by atoms with Gasteiger partial charge in [-0.3, -0.25) is 4.79 Å². The molecule has 2 fully saturated rings. The highest BCUT2D eigenvalue weighted by Crippen LogP contribution is 2.21. The Labute approximate surface area is 122 Å². The molecule has 0 bridgehead atoms. The first kappa shape index (κ1) is 16.7. The van der Waals surface area contributed by atoms with E-state index in [2.05, 4.69) is 0 Å². The Hall–Kier alpha value is -0.320. The Bertz CT molecular complexity index is 281. The van der Waals surface area contributed by atoms with Gasteiger partial charge in [-0.2, -0.15) is 0 Å². The van der Waals surface area contributed by atoms with Crippen LogP contribution in [0.1, 0.15) is 45.4 Å². The first-order valence-electron chi connectivity index (χ1n) is 7.32. The minimum Gasteiger partial charge on any atom is -0.378 e. The molecule has 2 N–H and O–H groups in total. The van der Waals surface area contributed by atoms with Gasteiger partial charge in [-0.15, -0.1) is 12.4 Å². The quantitative estimate of drug-likeness (QED) is 0.864. The van der Waals surface area contributed by atoms with E-state index >= 15 is 0 Å². The minimum atomic E-state index is 0. The SMILES string of the molecule is CC(N)C1CCCN(C(=O)CC2CCCCO2)C1.Cl. The van der Waals surface area contributed by atoms with Gasteiger partial charge in [0, 0.05) is 25.7 Å². The molecule has 3 atom stereocenters. The molecule has 2 heterocycles. The molecule has 5 heteroatoms. The number of piperidine rings is 1. The number of nitrogens with two attached hydrogens (primary N) is 1. The van der Waals surface area contributed by atoms with Gasteiger partial charge < -0.3 is 15.4 Å². The van der Waals surface area contributed by atoms with Gasteiger partial charge >= 0.3 is 0 Å². The number of carbonyl (C=O) groups excluding carboxylic acids is 1. The predicted molar refractivity (Wildman–Crippen MR) is 78.4 cm³/mol. The summed E-state index contributed by atoms with van der Waals surface area (Å²) >= 11 is 0. The molecule has 0 aliphatic carbocycles. The highest BCUT2D eigenvalue weighted by molar-refractivity contribution is 5.85. The van der Waals surface area contributed by atoms with Crippen molar-refractivity contribution in [1.29, 1.82) is 0 Å². The van der Waals surface area contributed by atoms with E-state index < -0.39 is 0 Å². The van der Waals surface area contributed by atoms with Gasteiger partial charge in [0.2, 0.25) is 5.91 Å². The van der Waals surface area contributed by atoms with Crippen molar-refractivity contribution in [3.05, 3.63) is 0 Å². The average Bonchev–Trinajstić information content (AvgIpc) is 2.40. The fourth-order valence-corrected chi connectivity index (χ4v) is 2.96. The first-order chi connectivity index (χ1) is 8.66. The molecule has 0 radical (unpaired) electrons. The van der Waals surface area contributed by atoms with Gasteiger partial charge in [0.25, 0.3) is 0 Å². The maximum atomic E-state index is 12.2. The summed E-state index contributed by atoms with van der Waals surface area (Å²) in [5.74, 6) is 0.724. The van der Waals surface area contributed by atoms with E-state index in [9.17, 15) is 4.79 Å². The molecule has 1 amide bonds. The lowest BCUT2D eigenvalue weighted by molar-refractivity contribution is -0.137. The summed E-state index contributed by atoms with van der Waals surface area (Å²) in [6.45, 7) is 4.60. The zero-order valence-corrected chi connectivity index (χ0v) is 12.7. The number of amides is 1. The molecule has 0 aromatic heterocycles. The van der Waals surface area contributed by atoms with Crippen molar-refractivity contribution < 1.29 is 9.53 Å². The third kappa shape index (κ3) is 4.93. The Morgan fingerprint density at radius 3 is 2.79 bits per heavy atom. The van der Waals surface area contributed by atoms with Gasteiger partial charge in [-0.1, -0.05) is 0 Å². The Balaban J connectivity index is 0.00000180. The Morgan fingerprint density at radius 1 is 1.37 bits per heavy atom. The van der Waals surface area contributed by atoms with Crippen molar-refractivity contribution in [1.82, 2.24) is 4.90 Å². The van der Waals surface area contributed by atoms with Gasteiger partial charge in [0.05, 0.1) is 12.5 Å². The molecule has 2 rings (SSSR count). The molecule has 0 saturated carbocycles. The van der Waals surface area contributed by atoms with Crippen LogP contribution in [0.15, 0.2) is 0 Å². The van der Waals surface area contributed by atoms with Crippen LogP contribution in [0.5, 0.6) is 0 Å². The van der Waals surface area contributed by atoms with E-state index in [1.807, 2.05) is 11.8 Å². The molecule has 2 saturated heterocycles. The van der Waals surface area contributed by atoms with E-state index in [1.165, 1.54) is 6.42 Å². The fourth-order valence-electron chi connectivity index (χ4n) is 2.96. The highest BCUT2D eigenvalue weighted by atomic mass is 35.5. The van der Waals surface area contributed by atoms with E-state index in [-0.39, 0.29) is 30.5 Å². The number of ether oxygens (including phenoxy) is 1. The molecule has 0 aromatic carbocycles.